The van der Waals surface area contributed by atoms with Gasteiger partial charge >= 0.3 is 0 Å². The van der Waals surface area contributed by atoms with Crippen molar-refractivity contribution < 1.29 is 23.8 Å². The largest absolute Gasteiger partial charge is 0.497 e. The molecular weight excluding hydrogens is 480 g/mol. The summed E-state index contributed by atoms with van der Waals surface area (Å²) in [6.45, 7) is 5.20. The van der Waals surface area contributed by atoms with Gasteiger partial charge in [-0.05, 0) is 61.2 Å². The Hall–Kier alpha value is -4.00. The number of amides is 2. The molecule has 0 fully saturated rings. The van der Waals surface area contributed by atoms with Gasteiger partial charge in [-0.15, -0.1) is 0 Å². The molecule has 7 nitrogen and oxygen atoms in total. The minimum absolute atomic E-state index is 0.107. The molecule has 1 N–H and O–H groups in total. The van der Waals surface area contributed by atoms with Crippen LogP contribution in [0.2, 0.25) is 0 Å². The zero-order valence-corrected chi connectivity index (χ0v) is 22.7. The maximum atomic E-state index is 13.8. The third kappa shape index (κ3) is 8.00. The molecular formula is C31H38N2O5. The Morgan fingerprint density at radius 1 is 0.842 bits per heavy atom. The molecule has 0 aliphatic carbocycles. The average Bonchev–Trinajstić information content (AvgIpc) is 2.95. The molecule has 3 rings (SSSR count). The first kappa shape index (κ1) is 28.6. The molecule has 3 aromatic carbocycles. The summed E-state index contributed by atoms with van der Waals surface area (Å²) in [6.07, 6.45) is 1.16. The fraction of sp³-hybridized carbons (Fsp3) is 0.355. The number of ether oxygens (including phenoxy) is 3. The van der Waals surface area contributed by atoms with Gasteiger partial charge in [0.1, 0.15) is 11.8 Å². The second-order valence-electron chi connectivity index (χ2n) is 8.84. The standard InChI is InChI=1S/C31H38N2O5/c1-5-37-28-17-15-24(21-29(28)38-6-2)16-18-30(34)33(22-25-13-10-14-26(19-25)36-4)27(31(35)32-3)20-23-11-8-7-9-12-23/h7-15,17,19,21,27H,5-6,16,18,20,22H2,1-4H3,(H,32,35)/t27-/m0/s1. The van der Waals surface area contributed by atoms with Crippen LogP contribution in [0.25, 0.3) is 0 Å². The Morgan fingerprint density at radius 2 is 1.55 bits per heavy atom. The minimum Gasteiger partial charge on any atom is -0.497 e. The highest BCUT2D eigenvalue weighted by Crippen LogP contribution is 2.29. The van der Waals surface area contributed by atoms with Crippen LogP contribution >= 0.6 is 0 Å². The van der Waals surface area contributed by atoms with E-state index in [1.807, 2.05) is 86.6 Å². The van der Waals surface area contributed by atoms with Crippen LogP contribution < -0.4 is 19.5 Å². The van der Waals surface area contributed by atoms with E-state index < -0.39 is 6.04 Å². The molecule has 0 heterocycles. The minimum atomic E-state index is -0.666. The molecule has 0 unspecified atom stereocenters. The van der Waals surface area contributed by atoms with Crippen LogP contribution in [0.1, 0.15) is 37.0 Å². The number of hydrogen-bond donors (Lipinski definition) is 1. The molecule has 38 heavy (non-hydrogen) atoms. The van der Waals surface area contributed by atoms with Gasteiger partial charge < -0.3 is 24.4 Å². The summed E-state index contributed by atoms with van der Waals surface area (Å²) in [5, 5.41) is 2.75. The third-order valence-electron chi connectivity index (χ3n) is 6.24. The Kier molecular flexibility index (Phi) is 11.0. The fourth-order valence-corrected chi connectivity index (χ4v) is 4.33. The maximum absolute atomic E-state index is 13.8. The Bertz CT molecular complexity index is 1180. The van der Waals surface area contributed by atoms with Crippen molar-refractivity contribution in [3.05, 3.63) is 89.5 Å². The molecule has 0 aliphatic rings. The number of hydrogen-bond acceptors (Lipinski definition) is 5. The lowest BCUT2D eigenvalue weighted by Gasteiger charge is -2.31. The van der Waals surface area contributed by atoms with Gasteiger partial charge in [-0.3, -0.25) is 9.59 Å². The molecule has 0 bridgehead atoms. The Balaban J connectivity index is 1.87. The monoisotopic (exact) mass is 518 g/mol. The molecule has 0 aliphatic heterocycles. The van der Waals surface area contributed by atoms with Crippen LogP contribution in [0.4, 0.5) is 0 Å². The summed E-state index contributed by atoms with van der Waals surface area (Å²) < 4.78 is 16.8. The van der Waals surface area contributed by atoms with E-state index in [2.05, 4.69) is 5.32 Å². The highest BCUT2D eigenvalue weighted by atomic mass is 16.5. The SMILES string of the molecule is CCOc1ccc(CCC(=O)N(Cc2cccc(OC)c2)[C@@H](Cc2ccccc2)C(=O)NC)cc1OCC. The number of nitrogens with zero attached hydrogens (tertiary/aromatic N) is 1. The van der Waals surface area contributed by atoms with E-state index in [4.69, 9.17) is 14.2 Å². The number of nitrogens with one attached hydrogen (secondary N) is 1. The highest BCUT2D eigenvalue weighted by molar-refractivity contribution is 5.88. The number of carbonyl (C=O) groups excluding carboxylic acids is 2. The molecule has 0 spiro atoms. The number of aryl methyl sites for hydroxylation is 1. The topological polar surface area (TPSA) is 77.1 Å². The van der Waals surface area contributed by atoms with Gasteiger partial charge in [-0.2, -0.15) is 0 Å². The number of methoxy groups -OCH3 is 1. The fourth-order valence-electron chi connectivity index (χ4n) is 4.33. The van der Waals surface area contributed by atoms with Crippen molar-refractivity contribution in [2.45, 2.75) is 45.7 Å². The first-order valence-corrected chi connectivity index (χ1v) is 13.0. The molecule has 0 aromatic heterocycles. The zero-order chi connectivity index (χ0) is 27.3. The normalized spacial score (nSPS) is 11.4. The summed E-state index contributed by atoms with van der Waals surface area (Å²) in [6, 6.07) is 22.4. The van der Waals surface area contributed by atoms with Gasteiger partial charge in [0, 0.05) is 26.4 Å². The van der Waals surface area contributed by atoms with Crippen molar-refractivity contribution in [1.29, 1.82) is 0 Å². The molecule has 7 heteroatoms. The molecule has 3 aromatic rings. The second kappa shape index (κ2) is 14.7. The van der Waals surface area contributed by atoms with E-state index in [1.165, 1.54) is 0 Å². The van der Waals surface area contributed by atoms with Crippen molar-refractivity contribution >= 4 is 11.8 Å². The lowest BCUT2D eigenvalue weighted by molar-refractivity contribution is -0.141. The predicted molar refractivity (Wildman–Crippen MR) is 149 cm³/mol. The van der Waals surface area contributed by atoms with Gasteiger partial charge in [0.2, 0.25) is 11.8 Å². The van der Waals surface area contributed by atoms with Gasteiger partial charge in [-0.25, -0.2) is 0 Å². The summed E-state index contributed by atoms with van der Waals surface area (Å²) in [5.74, 6) is 1.74. The van der Waals surface area contributed by atoms with Crippen LogP contribution in [0.5, 0.6) is 17.2 Å². The van der Waals surface area contributed by atoms with E-state index in [0.717, 1.165) is 16.7 Å². The predicted octanol–water partition coefficient (Wildman–Crippen LogP) is 4.81. The number of rotatable bonds is 14. The summed E-state index contributed by atoms with van der Waals surface area (Å²) in [7, 11) is 3.21. The van der Waals surface area contributed by atoms with Crippen molar-refractivity contribution in [1.82, 2.24) is 10.2 Å². The molecule has 0 saturated heterocycles. The van der Waals surface area contributed by atoms with E-state index in [9.17, 15) is 9.59 Å². The number of benzene rings is 3. The summed E-state index contributed by atoms with van der Waals surface area (Å²) in [4.78, 5) is 28.6. The van der Waals surface area contributed by atoms with Crippen LogP contribution in [-0.4, -0.2) is 50.1 Å². The molecule has 0 saturated carbocycles. The quantitative estimate of drug-likeness (QED) is 0.331. The van der Waals surface area contributed by atoms with E-state index >= 15 is 0 Å². The molecule has 2 amide bonds. The van der Waals surface area contributed by atoms with Crippen LogP contribution in [0.3, 0.4) is 0 Å². The third-order valence-corrected chi connectivity index (χ3v) is 6.24. The van der Waals surface area contributed by atoms with Crippen molar-refractivity contribution in [2.24, 2.45) is 0 Å². The molecule has 202 valence electrons. The summed E-state index contributed by atoms with van der Waals surface area (Å²) >= 11 is 0. The highest BCUT2D eigenvalue weighted by Gasteiger charge is 2.29. The lowest BCUT2D eigenvalue weighted by atomic mass is 10.0. The second-order valence-corrected chi connectivity index (χ2v) is 8.84. The summed E-state index contributed by atoms with van der Waals surface area (Å²) in [5.41, 5.74) is 2.84. The number of carbonyl (C=O) groups is 2. The van der Waals surface area contributed by atoms with Crippen molar-refractivity contribution in [2.75, 3.05) is 27.4 Å². The molecule has 0 radical (unpaired) electrons. The van der Waals surface area contributed by atoms with Gasteiger partial charge in [-0.1, -0.05) is 48.5 Å². The van der Waals surface area contributed by atoms with E-state index in [0.29, 0.717) is 43.3 Å². The van der Waals surface area contributed by atoms with Gasteiger partial charge in [0.05, 0.1) is 20.3 Å². The average molecular weight is 519 g/mol. The first-order chi connectivity index (χ1) is 18.5. The Morgan fingerprint density at radius 3 is 2.24 bits per heavy atom. The van der Waals surface area contributed by atoms with Gasteiger partial charge in [0.15, 0.2) is 11.5 Å². The van der Waals surface area contributed by atoms with Crippen molar-refractivity contribution in [3.8, 4) is 17.2 Å². The zero-order valence-electron chi connectivity index (χ0n) is 22.7. The lowest BCUT2D eigenvalue weighted by Crippen LogP contribution is -2.49. The van der Waals surface area contributed by atoms with Gasteiger partial charge in [0.25, 0.3) is 0 Å². The first-order valence-electron chi connectivity index (χ1n) is 13.0. The Labute approximate surface area is 225 Å². The molecule has 1 atom stereocenters. The van der Waals surface area contributed by atoms with Crippen molar-refractivity contribution in [3.63, 3.8) is 0 Å². The van der Waals surface area contributed by atoms with E-state index in [-0.39, 0.29) is 24.8 Å². The smallest absolute Gasteiger partial charge is 0.242 e. The van der Waals surface area contributed by atoms with E-state index in [1.54, 1.807) is 19.1 Å². The number of likely N-dealkylation sites (N-methyl/N-ethyl adjacent to an activating group) is 1. The maximum Gasteiger partial charge on any atom is 0.242 e. The van der Waals surface area contributed by atoms with Crippen LogP contribution in [-0.2, 0) is 29.0 Å². The van der Waals surface area contributed by atoms with Crippen LogP contribution in [0, 0.1) is 0 Å². The van der Waals surface area contributed by atoms with Crippen LogP contribution in [0.15, 0.2) is 72.8 Å².